The smallest absolute Gasteiger partial charge is 0.200 e. The first-order chi connectivity index (χ1) is 11.3. The Morgan fingerprint density at radius 1 is 1.00 bits per heavy atom. The summed E-state index contributed by atoms with van der Waals surface area (Å²) in [5, 5.41) is 13.4. The maximum absolute atomic E-state index is 13.5. The molecular weight excluding hydrogens is 335 g/mol. The third-order valence-corrected chi connectivity index (χ3v) is 3.14. The van der Waals surface area contributed by atoms with E-state index in [0.717, 1.165) is 0 Å². The number of hydrogen-bond donors (Lipinski definition) is 2. The van der Waals surface area contributed by atoms with Crippen molar-refractivity contribution in [2.75, 3.05) is 12.5 Å². The molecule has 0 saturated carbocycles. The summed E-state index contributed by atoms with van der Waals surface area (Å²) in [6.45, 7) is 1.36. The van der Waals surface area contributed by atoms with Gasteiger partial charge in [0.25, 0.3) is 0 Å². The molecule has 2 aromatic carbocycles. The van der Waals surface area contributed by atoms with E-state index in [4.69, 9.17) is 4.74 Å². The quantitative estimate of drug-likeness (QED) is 0.290. The van der Waals surface area contributed by atoms with Gasteiger partial charge in [0.05, 0.1) is 12.8 Å². The fourth-order valence-electron chi connectivity index (χ4n) is 1.85. The summed E-state index contributed by atoms with van der Waals surface area (Å²) in [5.74, 6) is -10.4. The summed E-state index contributed by atoms with van der Waals surface area (Å²) < 4.78 is 71.1. The van der Waals surface area contributed by atoms with Gasteiger partial charge in [-0.2, -0.15) is 5.10 Å². The number of nitrogens with one attached hydrogen (secondary N) is 1. The standard InChI is InChI=1S/C15H11F5N2O2/c1-6(8-4-3-7(24-2)5-9(8)23)21-22-15-13(19)11(17)10(16)12(18)14(15)20/h3-5,22-23H,1-2H3/b21-6+. The van der Waals surface area contributed by atoms with Gasteiger partial charge >= 0.3 is 0 Å². The second kappa shape index (κ2) is 6.73. The molecule has 0 aliphatic heterocycles. The molecule has 2 rings (SSSR count). The van der Waals surface area contributed by atoms with Gasteiger partial charge in [0.1, 0.15) is 17.2 Å². The maximum Gasteiger partial charge on any atom is 0.200 e. The Balaban J connectivity index is 2.38. The van der Waals surface area contributed by atoms with Crippen LogP contribution in [0.15, 0.2) is 23.3 Å². The Labute approximate surface area is 133 Å². The summed E-state index contributed by atoms with van der Waals surface area (Å²) in [6.07, 6.45) is 0. The van der Waals surface area contributed by atoms with Crippen molar-refractivity contribution in [3.63, 3.8) is 0 Å². The molecule has 24 heavy (non-hydrogen) atoms. The molecule has 0 heterocycles. The molecule has 0 saturated heterocycles. The fourth-order valence-corrected chi connectivity index (χ4v) is 1.85. The maximum atomic E-state index is 13.5. The zero-order chi connectivity index (χ0) is 18.0. The lowest BCUT2D eigenvalue weighted by molar-refractivity contribution is 0.381. The van der Waals surface area contributed by atoms with E-state index < -0.39 is 34.8 Å². The van der Waals surface area contributed by atoms with Crippen molar-refractivity contribution < 1.29 is 31.8 Å². The predicted octanol–water partition coefficient (Wildman–Crippen LogP) is 3.93. The first-order valence-electron chi connectivity index (χ1n) is 6.47. The molecule has 128 valence electrons. The normalized spacial score (nSPS) is 11.5. The minimum atomic E-state index is -2.26. The van der Waals surface area contributed by atoms with Crippen LogP contribution in [0.25, 0.3) is 0 Å². The Morgan fingerprint density at radius 2 is 1.54 bits per heavy atom. The summed E-state index contributed by atoms with van der Waals surface area (Å²) in [5.41, 5.74) is 0.714. The zero-order valence-electron chi connectivity index (χ0n) is 12.4. The minimum absolute atomic E-state index is 0.0408. The van der Waals surface area contributed by atoms with Gasteiger partial charge in [-0.05, 0) is 19.1 Å². The van der Waals surface area contributed by atoms with E-state index in [1.807, 2.05) is 0 Å². The van der Waals surface area contributed by atoms with Gasteiger partial charge in [0.15, 0.2) is 23.3 Å². The molecule has 0 bridgehead atoms. The van der Waals surface area contributed by atoms with E-state index in [1.165, 1.54) is 32.2 Å². The first-order valence-corrected chi connectivity index (χ1v) is 6.47. The molecule has 0 radical (unpaired) electrons. The van der Waals surface area contributed by atoms with Gasteiger partial charge in [-0.1, -0.05) is 0 Å². The highest BCUT2D eigenvalue weighted by Gasteiger charge is 2.25. The van der Waals surface area contributed by atoms with Crippen LogP contribution in [0.1, 0.15) is 12.5 Å². The van der Waals surface area contributed by atoms with Crippen molar-refractivity contribution in [2.45, 2.75) is 6.92 Å². The van der Waals surface area contributed by atoms with Gasteiger partial charge < -0.3 is 9.84 Å². The Morgan fingerprint density at radius 3 is 2.04 bits per heavy atom. The highest BCUT2D eigenvalue weighted by Crippen LogP contribution is 2.28. The lowest BCUT2D eigenvalue weighted by Crippen LogP contribution is -2.08. The average molecular weight is 346 g/mol. The van der Waals surface area contributed by atoms with Crippen LogP contribution in [0.5, 0.6) is 11.5 Å². The van der Waals surface area contributed by atoms with Crippen LogP contribution in [0.4, 0.5) is 27.6 Å². The van der Waals surface area contributed by atoms with Crippen LogP contribution in [-0.4, -0.2) is 17.9 Å². The molecule has 4 nitrogen and oxygen atoms in total. The van der Waals surface area contributed by atoms with Gasteiger partial charge in [0.2, 0.25) is 5.82 Å². The van der Waals surface area contributed by atoms with E-state index in [-0.39, 0.29) is 17.0 Å². The van der Waals surface area contributed by atoms with E-state index in [1.54, 1.807) is 5.43 Å². The predicted molar refractivity (Wildman–Crippen MR) is 76.7 cm³/mol. The van der Waals surface area contributed by atoms with Crippen LogP contribution in [0.3, 0.4) is 0 Å². The highest BCUT2D eigenvalue weighted by atomic mass is 19.2. The SMILES string of the molecule is COc1ccc(/C(C)=N/Nc2c(F)c(F)c(F)c(F)c2F)c(O)c1. The van der Waals surface area contributed by atoms with E-state index in [9.17, 15) is 27.1 Å². The summed E-state index contributed by atoms with van der Waals surface area (Å²) in [4.78, 5) is 0. The topological polar surface area (TPSA) is 53.8 Å². The molecule has 0 unspecified atom stereocenters. The molecule has 0 fully saturated rings. The fraction of sp³-hybridized carbons (Fsp3) is 0.133. The molecule has 0 amide bonds. The van der Waals surface area contributed by atoms with Crippen molar-refractivity contribution in [3.05, 3.63) is 52.8 Å². The number of phenols is 1. The number of phenolic OH excluding ortho intramolecular Hbond substituents is 1. The molecule has 0 atom stereocenters. The van der Waals surface area contributed by atoms with Gasteiger partial charge in [-0.25, -0.2) is 22.0 Å². The van der Waals surface area contributed by atoms with Crippen molar-refractivity contribution >= 4 is 11.4 Å². The molecule has 2 aromatic rings. The lowest BCUT2D eigenvalue weighted by Gasteiger charge is -2.09. The first kappa shape index (κ1) is 17.5. The Kier molecular flexibility index (Phi) is 4.91. The van der Waals surface area contributed by atoms with Crippen LogP contribution in [-0.2, 0) is 0 Å². The second-order valence-corrected chi connectivity index (χ2v) is 4.64. The van der Waals surface area contributed by atoms with E-state index in [2.05, 4.69) is 5.10 Å². The molecule has 0 aromatic heterocycles. The monoisotopic (exact) mass is 346 g/mol. The van der Waals surface area contributed by atoms with Gasteiger partial charge in [0, 0.05) is 11.6 Å². The number of ether oxygens (including phenoxy) is 1. The van der Waals surface area contributed by atoms with Gasteiger partial charge in [-0.15, -0.1) is 0 Å². The van der Waals surface area contributed by atoms with Crippen LogP contribution in [0, 0.1) is 29.1 Å². The van der Waals surface area contributed by atoms with Crippen molar-refractivity contribution in [2.24, 2.45) is 5.10 Å². The number of aromatic hydroxyl groups is 1. The van der Waals surface area contributed by atoms with Crippen LogP contribution < -0.4 is 10.2 Å². The molecule has 0 aliphatic rings. The van der Waals surface area contributed by atoms with Crippen molar-refractivity contribution in [1.29, 1.82) is 0 Å². The number of anilines is 1. The zero-order valence-corrected chi connectivity index (χ0v) is 12.4. The molecule has 0 aliphatic carbocycles. The van der Waals surface area contributed by atoms with Crippen LogP contribution >= 0.6 is 0 Å². The van der Waals surface area contributed by atoms with Gasteiger partial charge in [-0.3, -0.25) is 5.43 Å². The Hall–Kier alpha value is -2.84. The van der Waals surface area contributed by atoms with Crippen LogP contribution in [0.2, 0.25) is 0 Å². The number of hydrazone groups is 1. The highest BCUT2D eigenvalue weighted by molar-refractivity contribution is 6.01. The summed E-state index contributed by atoms with van der Waals surface area (Å²) >= 11 is 0. The number of methoxy groups -OCH3 is 1. The number of nitrogens with zero attached hydrogens (tertiary/aromatic N) is 1. The lowest BCUT2D eigenvalue weighted by atomic mass is 10.1. The summed E-state index contributed by atoms with van der Waals surface area (Å²) in [7, 11) is 1.39. The minimum Gasteiger partial charge on any atom is -0.507 e. The van der Waals surface area contributed by atoms with Crippen molar-refractivity contribution in [3.8, 4) is 11.5 Å². The Bertz CT molecular complexity index is 795. The number of hydrogen-bond acceptors (Lipinski definition) is 4. The number of halogens is 5. The molecular formula is C15H11F5N2O2. The largest absolute Gasteiger partial charge is 0.507 e. The molecule has 9 heteroatoms. The third-order valence-electron chi connectivity index (χ3n) is 3.14. The molecule has 2 N–H and O–H groups in total. The number of benzene rings is 2. The third kappa shape index (κ3) is 3.10. The average Bonchev–Trinajstić information content (AvgIpc) is 2.57. The van der Waals surface area contributed by atoms with E-state index >= 15 is 0 Å². The van der Waals surface area contributed by atoms with E-state index in [0.29, 0.717) is 5.75 Å². The summed E-state index contributed by atoms with van der Waals surface area (Å²) in [6, 6.07) is 4.17. The van der Waals surface area contributed by atoms with Crippen molar-refractivity contribution in [1.82, 2.24) is 0 Å². The number of rotatable bonds is 4. The molecule has 0 spiro atoms. The second-order valence-electron chi connectivity index (χ2n) is 4.64.